The molecule has 1 saturated carbocycles. The quantitative estimate of drug-likeness (QED) is 0.375. The summed E-state index contributed by atoms with van der Waals surface area (Å²) in [6, 6.07) is 17.0. The molecule has 4 nitrogen and oxygen atoms in total. The maximum absolute atomic E-state index is 15.0. The molecule has 0 aromatic heterocycles. The number of aliphatic carboxylic acids is 1. The lowest BCUT2D eigenvalue weighted by molar-refractivity contribution is -0.139. The van der Waals surface area contributed by atoms with Gasteiger partial charge in [0.1, 0.15) is 23.9 Å². The number of carboxylic acids is 1. The molecule has 190 valence electrons. The van der Waals surface area contributed by atoms with Crippen LogP contribution >= 0.6 is 0 Å². The van der Waals surface area contributed by atoms with Crippen molar-refractivity contribution in [1.29, 1.82) is 0 Å². The number of fused-ring (bicyclic) bond motifs is 2. The molecule has 1 spiro atoms. The van der Waals surface area contributed by atoms with Crippen LogP contribution in [0.3, 0.4) is 0 Å². The molecule has 0 bridgehead atoms. The number of allylic oxidation sites excluding steroid dienone is 2. The molecule has 1 N–H and O–H groups in total. The summed E-state index contributed by atoms with van der Waals surface area (Å²) in [4.78, 5) is 11.5. The standard InChI is InChI=1S/C32H31FO4/c1-31(2)12-4-5-26(31)24-13-19(6-10-23(24)25-14-21(36-3)9-11-29(25)33)18-37-22-8-7-20-16-32(27(20)15-22)17-28(32)30(34)35/h5-11,13-15,28H,4,12,16-18H2,1-3H3,(H,34,35). The predicted octanol–water partition coefficient (Wildman–Crippen LogP) is 7.18. The molecule has 0 radical (unpaired) electrons. The van der Waals surface area contributed by atoms with Gasteiger partial charge in [0.15, 0.2) is 0 Å². The van der Waals surface area contributed by atoms with E-state index in [1.807, 2.05) is 24.3 Å². The van der Waals surface area contributed by atoms with Crippen molar-refractivity contribution in [3.63, 3.8) is 0 Å². The Morgan fingerprint density at radius 3 is 2.54 bits per heavy atom. The van der Waals surface area contributed by atoms with Crippen molar-refractivity contribution in [3.8, 4) is 22.6 Å². The van der Waals surface area contributed by atoms with E-state index in [0.717, 1.165) is 53.7 Å². The van der Waals surface area contributed by atoms with E-state index in [1.165, 1.54) is 17.2 Å². The second-order valence-electron chi connectivity index (χ2n) is 11.3. The summed E-state index contributed by atoms with van der Waals surface area (Å²) in [6.07, 6.45) is 5.88. The molecular weight excluding hydrogens is 467 g/mol. The van der Waals surface area contributed by atoms with Crippen LogP contribution in [0.15, 0.2) is 60.7 Å². The average molecular weight is 499 g/mol. The SMILES string of the molecule is COc1ccc(F)c(-c2ccc(COc3ccc4c(c3)C3(C4)CC3C(=O)O)cc2C2=CCCC2(C)C)c1. The monoisotopic (exact) mass is 498 g/mol. The first-order valence-corrected chi connectivity index (χ1v) is 12.9. The minimum Gasteiger partial charge on any atom is -0.497 e. The van der Waals surface area contributed by atoms with E-state index in [-0.39, 0.29) is 22.6 Å². The fraction of sp³-hybridized carbons (Fsp3) is 0.344. The Kier molecular flexibility index (Phi) is 5.45. The van der Waals surface area contributed by atoms with Gasteiger partial charge >= 0.3 is 5.97 Å². The highest BCUT2D eigenvalue weighted by Crippen LogP contribution is 2.63. The van der Waals surface area contributed by atoms with Crippen molar-refractivity contribution in [2.45, 2.75) is 51.6 Å². The molecule has 37 heavy (non-hydrogen) atoms. The number of hydrogen-bond donors (Lipinski definition) is 1. The lowest BCUT2D eigenvalue weighted by Crippen LogP contribution is -2.29. The molecule has 1 fully saturated rings. The van der Waals surface area contributed by atoms with Gasteiger partial charge in [-0.25, -0.2) is 4.39 Å². The summed E-state index contributed by atoms with van der Waals surface area (Å²) in [5.41, 5.74) is 6.77. The average Bonchev–Trinajstić information content (AvgIpc) is 3.55. The van der Waals surface area contributed by atoms with E-state index in [2.05, 4.69) is 32.1 Å². The number of benzene rings is 3. The van der Waals surface area contributed by atoms with Crippen LogP contribution in [0.2, 0.25) is 0 Å². The molecule has 0 aliphatic heterocycles. The number of hydrogen-bond acceptors (Lipinski definition) is 3. The number of rotatable bonds is 7. The van der Waals surface area contributed by atoms with Crippen molar-refractivity contribution >= 4 is 11.5 Å². The third-order valence-corrected chi connectivity index (χ3v) is 8.59. The van der Waals surface area contributed by atoms with Crippen molar-refractivity contribution in [3.05, 3.63) is 88.7 Å². The molecule has 3 aromatic carbocycles. The van der Waals surface area contributed by atoms with Gasteiger partial charge < -0.3 is 14.6 Å². The van der Waals surface area contributed by atoms with Gasteiger partial charge in [-0.2, -0.15) is 0 Å². The maximum Gasteiger partial charge on any atom is 0.307 e. The molecule has 3 aromatic rings. The number of ether oxygens (including phenoxy) is 2. The van der Waals surface area contributed by atoms with Crippen molar-refractivity contribution < 1.29 is 23.8 Å². The highest BCUT2D eigenvalue weighted by atomic mass is 19.1. The third-order valence-electron chi connectivity index (χ3n) is 8.59. The number of halogens is 1. The Morgan fingerprint density at radius 1 is 1.03 bits per heavy atom. The summed E-state index contributed by atoms with van der Waals surface area (Å²) < 4.78 is 26.6. The van der Waals surface area contributed by atoms with Gasteiger partial charge in [0.2, 0.25) is 0 Å². The van der Waals surface area contributed by atoms with E-state index in [4.69, 9.17) is 9.47 Å². The van der Waals surface area contributed by atoms with Crippen molar-refractivity contribution in [1.82, 2.24) is 0 Å². The van der Waals surface area contributed by atoms with Gasteiger partial charge in [0, 0.05) is 11.0 Å². The van der Waals surface area contributed by atoms with Crippen molar-refractivity contribution in [2.75, 3.05) is 7.11 Å². The zero-order valence-corrected chi connectivity index (χ0v) is 21.4. The lowest BCUT2D eigenvalue weighted by Gasteiger charge is -2.31. The Bertz CT molecular complexity index is 1450. The Labute approximate surface area is 216 Å². The van der Waals surface area contributed by atoms with Gasteiger partial charge in [0.05, 0.1) is 13.0 Å². The molecule has 0 amide bonds. The van der Waals surface area contributed by atoms with Crippen LogP contribution in [0, 0.1) is 17.2 Å². The molecule has 0 saturated heterocycles. The molecule has 0 heterocycles. The molecule has 2 atom stereocenters. The molecule has 3 aliphatic carbocycles. The molecule has 5 heteroatoms. The van der Waals surface area contributed by atoms with Gasteiger partial charge in [-0.05, 0) is 101 Å². The topological polar surface area (TPSA) is 55.8 Å². The van der Waals surface area contributed by atoms with E-state index in [1.54, 1.807) is 19.2 Å². The highest BCUT2D eigenvalue weighted by molar-refractivity contribution is 5.85. The summed E-state index contributed by atoms with van der Waals surface area (Å²) >= 11 is 0. The first kappa shape index (κ1) is 23.8. The Morgan fingerprint density at radius 2 is 1.84 bits per heavy atom. The fourth-order valence-electron chi connectivity index (χ4n) is 6.32. The summed E-state index contributed by atoms with van der Waals surface area (Å²) in [5, 5.41) is 9.44. The van der Waals surface area contributed by atoms with E-state index >= 15 is 4.39 Å². The molecule has 3 aliphatic rings. The third kappa shape index (κ3) is 3.92. The van der Waals surface area contributed by atoms with Crippen LogP contribution in [-0.4, -0.2) is 18.2 Å². The largest absolute Gasteiger partial charge is 0.497 e. The normalized spacial score (nSPS) is 22.7. The molecular formula is C32H31FO4. The second kappa shape index (κ2) is 8.47. The maximum atomic E-state index is 15.0. The molecule has 6 rings (SSSR count). The summed E-state index contributed by atoms with van der Waals surface area (Å²) in [5.74, 6) is 0.109. The first-order valence-electron chi connectivity index (χ1n) is 12.9. The van der Waals surface area contributed by atoms with E-state index < -0.39 is 5.97 Å². The minimum absolute atomic E-state index is 0.00935. The Balaban J connectivity index is 1.31. The minimum atomic E-state index is -0.707. The summed E-state index contributed by atoms with van der Waals surface area (Å²) in [6.45, 7) is 4.84. The lowest BCUT2D eigenvalue weighted by atomic mass is 9.73. The smallest absolute Gasteiger partial charge is 0.307 e. The fourth-order valence-corrected chi connectivity index (χ4v) is 6.32. The van der Waals surface area contributed by atoms with Gasteiger partial charge in [0.25, 0.3) is 0 Å². The number of carbonyl (C=O) groups is 1. The summed E-state index contributed by atoms with van der Waals surface area (Å²) in [7, 11) is 1.59. The number of carboxylic acid groups (broad SMARTS) is 1. The van der Waals surface area contributed by atoms with Gasteiger partial charge in [-0.15, -0.1) is 0 Å². The van der Waals surface area contributed by atoms with Gasteiger partial charge in [-0.1, -0.05) is 38.1 Å². The second-order valence-corrected chi connectivity index (χ2v) is 11.3. The van der Waals surface area contributed by atoms with Crippen LogP contribution in [-0.2, 0) is 23.2 Å². The van der Waals surface area contributed by atoms with Crippen LogP contribution in [0.5, 0.6) is 11.5 Å². The van der Waals surface area contributed by atoms with Crippen LogP contribution < -0.4 is 9.47 Å². The van der Waals surface area contributed by atoms with Crippen molar-refractivity contribution in [2.24, 2.45) is 11.3 Å². The zero-order valence-electron chi connectivity index (χ0n) is 21.4. The van der Waals surface area contributed by atoms with E-state index in [0.29, 0.717) is 17.9 Å². The first-order chi connectivity index (χ1) is 17.7. The Hall–Kier alpha value is -3.60. The van der Waals surface area contributed by atoms with E-state index in [9.17, 15) is 9.90 Å². The van der Waals surface area contributed by atoms with Crippen LogP contribution in [0.4, 0.5) is 4.39 Å². The van der Waals surface area contributed by atoms with Gasteiger partial charge in [-0.3, -0.25) is 4.79 Å². The van der Waals surface area contributed by atoms with Crippen LogP contribution in [0.1, 0.15) is 55.4 Å². The van der Waals surface area contributed by atoms with Crippen LogP contribution in [0.25, 0.3) is 16.7 Å². The highest BCUT2D eigenvalue weighted by Gasteiger charge is 2.64. The zero-order chi connectivity index (χ0) is 25.9. The predicted molar refractivity (Wildman–Crippen MR) is 141 cm³/mol. The number of methoxy groups -OCH3 is 1. The molecule has 2 unspecified atom stereocenters.